The van der Waals surface area contributed by atoms with Crippen LogP contribution in [0.5, 0.6) is 5.75 Å². The SMILES string of the molecule is Clc1ccccc1OCc1ccc(-c2nc3c4cn[nH]c4ncn3n2)o1. The van der Waals surface area contributed by atoms with Crippen LogP contribution in [0.1, 0.15) is 5.76 Å². The predicted octanol–water partition coefficient (Wildman–Crippen LogP) is 3.49. The van der Waals surface area contributed by atoms with Crippen LogP contribution in [-0.2, 0) is 6.61 Å². The average Bonchev–Trinajstić information content (AvgIpc) is 3.38. The van der Waals surface area contributed by atoms with Gasteiger partial charge in [-0.2, -0.15) is 5.10 Å². The van der Waals surface area contributed by atoms with Gasteiger partial charge in [0.1, 0.15) is 24.4 Å². The Balaban J connectivity index is 1.43. The number of furan rings is 1. The maximum Gasteiger partial charge on any atom is 0.217 e. The van der Waals surface area contributed by atoms with E-state index in [0.717, 1.165) is 5.39 Å². The van der Waals surface area contributed by atoms with Gasteiger partial charge in [0.15, 0.2) is 17.1 Å². The van der Waals surface area contributed by atoms with Crippen molar-refractivity contribution in [2.45, 2.75) is 6.61 Å². The first kappa shape index (κ1) is 14.9. The van der Waals surface area contributed by atoms with Crippen LogP contribution in [0.3, 0.4) is 0 Å². The number of aromatic nitrogens is 6. The lowest BCUT2D eigenvalue weighted by molar-refractivity contribution is 0.272. The zero-order valence-corrected chi connectivity index (χ0v) is 14.0. The maximum absolute atomic E-state index is 6.08. The van der Waals surface area contributed by atoms with Gasteiger partial charge in [-0.3, -0.25) is 5.10 Å². The topological polar surface area (TPSA) is 94.1 Å². The molecule has 0 aliphatic carbocycles. The van der Waals surface area contributed by atoms with Crippen LogP contribution in [0.2, 0.25) is 5.02 Å². The number of halogens is 1. The van der Waals surface area contributed by atoms with E-state index in [-0.39, 0.29) is 6.61 Å². The summed E-state index contributed by atoms with van der Waals surface area (Å²) in [7, 11) is 0. The Labute approximate surface area is 151 Å². The number of ether oxygens (including phenoxy) is 1. The number of nitrogens with one attached hydrogen (secondary N) is 1. The zero-order chi connectivity index (χ0) is 17.5. The molecule has 0 radical (unpaired) electrons. The smallest absolute Gasteiger partial charge is 0.217 e. The number of H-pyrrole nitrogens is 1. The van der Waals surface area contributed by atoms with Crippen molar-refractivity contribution in [1.29, 1.82) is 0 Å². The quantitative estimate of drug-likeness (QED) is 0.523. The number of fused-ring (bicyclic) bond motifs is 3. The van der Waals surface area contributed by atoms with Crippen molar-refractivity contribution in [1.82, 2.24) is 29.8 Å². The van der Waals surface area contributed by atoms with E-state index in [9.17, 15) is 0 Å². The Bertz CT molecular complexity index is 1220. The molecule has 26 heavy (non-hydrogen) atoms. The molecule has 0 bridgehead atoms. The third-order valence-corrected chi connectivity index (χ3v) is 4.19. The second-order valence-corrected chi connectivity index (χ2v) is 5.97. The van der Waals surface area contributed by atoms with Gasteiger partial charge in [0.25, 0.3) is 0 Å². The number of rotatable bonds is 4. The molecule has 0 spiro atoms. The van der Waals surface area contributed by atoms with Crippen molar-refractivity contribution in [3.8, 4) is 17.3 Å². The summed E-state index contributed by atoms with van der Waals surface area (Å²) >= 11 is 6.08. The van der Waals surface area contributed by atoms with Crippen molar-refractivity contribution in [2.24, 2.45) is 0 Å². The Morgan fingerprint density at radius 2 is 2.12 bits per heavy atom. The lowest BCUT2D eigenvalue weighted by Crippen LogP contribution is -1.94. The van der Waals surface area contributed by atoms with Gasteiger partial charge in [0.2, 0.25) is 5.82 Å². The zero-order valence-electron chi connectivity index (χ0n) is 13.3. The van der Waals surface area contributed by atoms with Crippen LogP contribution in [0.4, 0.5) is 0 Å². The van der Waals surface area contributed by atoms with Crippen LogP contribution < -0.4 is 4.74 Å². The fourth-order valence-electron chi connectivity index (χ4n) is 2.63. The van der Waals surface area contributed by atoms with Gasteiger partial charge in [-0.1, -0.05) is 23.7 Å². The van der Waals surface area contributed by atoms with Gasteiger partial charge in [-0.15, -0.1) is 5.10 Å². The van der Waals surface area contributed by atoms with Gasteiger partial charge in [-0.05, 0) is 24.3 Å². The minimum Gasteiger partial charge on any atom is -0.484 e. The second-order valence-electron chi connectivity index (χ2n) is 5.57. The van der Waals surface area contributed by atoms with Gasteiger partial charge in [-0.25, -0.2) is 14.5 Å². The summed E-state index contributed by atoms with van der Waals surface area (Å²) in [6, 6.07) is 10.9. The van der Waals surface area contributed by atoms with Crippen LogP contribution in [-0.4, -0.2) is 29.8 Å². The first-order valence-corrected chi connectivity index (χ1v) is 8.16. The summed E-state index contributed by atoms with van der Waals surface area (Å²) in [4.78, 5) is 8.76. The molecule has 128 valence electrons. The lowest BCUT2D eigenvalue weighted by Gasteiger charge is -2.05. The van der Waals surface area contributed by atoms with E-state index in [1.165, 1.54) is 0 Å². The van der Waals surface area contributed by atoms with Gasteiger partial charge < -0.3 is 9.15 Å². The Morgan fingerprint density at radius 3 is 3.04 bits per heavy atom. The molecule has 0 aliphatic heterocycles. The van der Waals surface area contributed by atoms with Crippen LogP contribution >= 0.6 is 11.6 Å². The van der Waals surface area contributed by atoms with Crippen molar-refractivity contribution in [3.05, 3.63) is 59.7 Å². The monoisotopic (exact) mass is 366 g/mol. The molecule has 5 aromatic rings. The highest BCUT2D eigenvalue weighted by atomic mass is 35.5. The molecule has 0 fully saturated rings. The second kappa shape index (κ2) is 5.85. The Hall–Kier alpha value is -3.39. The summed E-state index contributed by atoms with van der Waals surface area (Å²) in [5.74, 6) is 2.25. The van der Waals surface area contributed by atoms with Gasteiger partial charge >= 0.3 is 0 Å². The van der Waals surface area contributed by atoms with E-state index >= 15 is 0 Å². The molecule has 0 amide bonds. The fourth-order valence-corrected chi connectivity index (χ4v) is 2.82. The third-order valence-electron chi connectivity index (χ3n) is 3.88. The predicted molar refractivity (Wildman–Crippen MR) is 93.9 cm³/mol. The molecule has 0 saturated heterocycles. The van der Waals surface area contributed by atoms with Gasteiger partial charge in [0, 0.05) is 0 Å². The van der Waals surface area contributed by atoms with E-state index in [0.29, 0.717) is 39.4 Å². The number of aromatic amines is 1. The third kappa shape index (κ3) is 2.47. The highest BCUT2D eigenvalue weighted by Gasteiger charge is 2.14. The van der Waals surface area contributed by atoms with E-state index in [4.69, 9.17) is 20.8 Å². The summed E-state index contributed by atoms with van der Waals surface area (Å²) in [5.41, 5.74) is 1.31. The lowest BCUT2D eigenvalue weighted by atomic mass is 10.3. The summed E-state index contributed by atoms with van der Waals surface area (Å²) < 4.78 is 13.1. The van der Waals surface area contributed by atoms with E-state index in [2.05, 4.69) is 25.3 Å². The minimum atomic E-state index is 0.255. The molecule has 0 aliphatic rings. The number of nitrogens with zero attached hydrogens (tertiary/aromatic N) is 5. The Morgan fingerprint density at radius 1 is 1.19 bits per heavy atom. The summed E-state index contributed by atoms with van der Waals surface area (Å²) in [6.45, 7) is 0.255. The van der Waals surface area contributed by atoms with Crippen molar-refractivity contribution < 1.29 is 9.15 Å². The minimum absolute atomic E-state index is 0.255. The Kier molecular flexibility index (Phi) is 3.36. The number of hydrogen-bond donors (Lipinski definition) is 1. The number of hydrogen-bond acceptors (Lipinski definition) is 6. The van der Waals surface area contributed by atoms with Crippen molar-refractivity contribution in [3.63, 3.8) is 0 Å². The number of para-hydroxylation sites is 1. The molecule has 1 N–H and O–H groups in total. The highest BCUT2D eigenvalue weighted by molar-refractivity contribution is 6.32. The van der Waals surface area contributed by atoms with E-state index in [1.807, 2.05) is 18.2 Å². The van der Waals surface area contributed by atoms with Crippen molar-refractivity contribution in [2.75, 3.05) is 0 Å². The first-order valence-electron chi connectivity index (χ1n) is 7.79. The van der Waals surface area contributed by atoms with E-state index in [1.54, 1.807) is 35.2 Å². The molecule has 5 rings (SSSR count). The van der Waals surface area contributed by atoms with Crippen LogP contribution in [0.15, 0.2) is 53.3 Å². The van der Waals surface area contributed by atoms with Gasteiger partial charge in [0.05, 0.1) is 16.6 Å². The van der Waals surface area contributed by atoms with Crippen molar-refractivity contribution >= 4 is 28.3 Å². The molecule has 4 heterocycles. The molecule has 1 aromatic carbocycles. The first-order chi connectivity index (χ1) is 12.8. The standard InChI is InChI=1S/C17H11ClN6O2/c18-12-3-1-2-4-13(12)25-8-10-5-6-14(26-10)16-21-17-11-7-20-22-15(11)19-9-24(17)23-16/h1-7,9H,8H2,(H,20,22). The number of benzene rings is 1. The molecule has 0 saturated carbocycles. The summed E-state index contributed by atoms with van der Waals surface area (Å²) in [5, 5.41) is 12.5. The average molecular weight is 367 g/mol. The van der Waals surface area contributed by atoms with Crippen LogP contribution in [0, 0.1) is 0 Å². The molecule has 0 atom stereocenters. The molecule has 8 nitrogen and oxygen atoms in total. The molecule has 9 heteroatoms. The molecular weight excluding hydrogens is 356 g/mol. The molecule has 4 aromatic heterocycles. The van der Waals surface area contributed by atoms with Crippen LogP contribution in [0.25, 0.3) is 28.3 Å². The molecule has 0 unspecified atom stereocenters. The molecular formula is C17H11ClN6O2. The summed E-state index contributed by atoms with van der Waals surface area (Å²) in [6.07, 6.45) is 3.25. The van der Waals surface area contributed by atoms with E-state index < -0.39 is 0 Å². The largest absolute Gasteiger partial charge is 0.484 e. The fraction of sp³-hybridized carbons (Fsp3) is 0.0588. The normalized spacial score (nSPS) is 11.4. The maximum atomic E-state index is 6.08. The highest BCUT2D eigenvalue weighted by Crippen LogP contribution is 2.26.